The van der Waals surface area contributed by atoms with Gasteiger partial charge in [0, 0.05) is 76.8 Å². The molecule has 0 fully saturated rings. The molecule has 89 heavy (non-hydrogen) atoms. The number of ether oxygens (including phenoxy) is 5. The number of anilines is 1. The second-order valence-electron chi connectivity index (χ2n) is 21.1. The molecule has 21 nitrogen and oxygen atoms in total. The number of amides is 3. The standard InChI is InChI=1S/C67H76N8O13S/c1-48-41-55(87-36-16-27-60(76)68-30-17-34-84-37-39-86-40-38-85-35-18-31-70-66(81)88-47-50-19-8-4-9-20-50)42-49(2)62(48)89(82,83)73-58(64(79)80)45-71-63(78)57-46-74(3)59-43-51(28-29-56(59)61(57)77)44-72-65-69-32-33-75(65)67(52-21-10-5-11-22-52,53-23-12-6-13-24-53)54-25-14-7-15-26-54/h4-15,19-26,28-29,32-33,41-43,46,58,73H,16-18,27,30-31,34-40,44-45,47H2,1-3H3,(H,68,76)(H,69,72)(H,70,81)(H,71,78)(H,79,80). The average Bonchev–Trinajstić information content (AvgIpc) is 1.85. The van der Waals surface area contributed by atoms with Gasteiger partial charge in [-0.1, -0.05) is 127 Å². The predicted molar refractivity (Wildman–Crippen MR) is 337 cm³/mol. The predicted octanol–water partition coefficient (Wildman–Crippen LogP) is 8.00. The van der Waals surface area contributed by atoms with Crippen LogP contribution >= 0.6 is 0 Å². The molecule has 0 spiro atoms. The highest BCUT2D eigenvalue weighted by Crippen LogP contribution is 2.42. The lowest BCUT2D eigenvalue weighted by Crippen LogP contribution is -2.49. The minimum Gasteiger partial charge on any atom is -0.494 e. The van der Waals surface area contributed by atoms with Crippen molar-refractivity contribution >= 4 is 50.8 Å². The van der Waals surface area contributed by atoms with E-state index in [1.807, 2.05) is 97.2 Å². The first-order chi connectivity index (χ1) is 43.1. The molecule has 0 aliphatic heterocycles. The maximum atomic E-state index is 13.9. The molecule has 0 saturated heterocycles. The number of hydrogen-bond donors (Lipinski definition) is 6. The normalized spacial score (nSPS) is 11.9. The lowest BCUT2D eigenvalue weighted by Gasteiger charge is -2.38. The summed E-state index contributed by atoms with van der Waals surface area (Å²) in [4.78, 5) is 68.9. The van der Waals surface area contributed by atoms with Gasteiger partial charge in [-0.15, -0.1) is 0 Å². The quantitative estimate of drug-likeness (QED) is 0.0162. The molecule has 0 saturated carbocycles. The number of pyridine rings is 1. The van der Waals surface area contributed by atoms with Crippen molar-refractivity contribution in [1.82, 2.24) is 34.8 Å². The number of aryl methyl sites for hydroxylation is 3. The number of alkyl carbamates (subject to hydrolysis) is 1. The van der Waals surface area contributed by atoms with E-state index in [1.54, 1.807) is 43.8 Å². The third-order valence-electron chi connectivity index (χ3n) is 14.6. The topological polar surface area (TPSA) is 269 Å². The Labute approximate surface area is 517 Å². The van der Waals surface area contributed by atoms with E-state index in [2.05, 4.69) is 67.0 Å². The number of nitrogens with one attached hydrogen (secondary N) is 5. The Morgan fingerprint density at radius 3 is 1.81 bits per heavy atom. The number of aromatic nitrogens is 3. The Hall–Kier alpha value is -9.19. The largest absolute Gasteiger partial charge is 0.494 e. The molecule has 1 unspecified atom stereocenters. The molecule has 8 rings (SSSR count). The molecule has 8 aromatic rings. The summed E-state index contributed by atoms with van der Waals surface area (Å²) in [6.07, 6.45) is 6.43. The number of benzene rings is 6. The highest BCUT2D eigenvalue weighted by atomic mass is 32.2. The van der Waals surface area contributed by atoms with E-state index >= 15 is 0 Å². The number of fused-ring (bicyclic) bond motifs is 1. The fourth-order valence-corrected chi connectivity index (χ4v) is 12.0. The van der Waals surface area contributed by atoms with Gasteiger partial charge in [0.2, 0.25) is 27.3 Å². The monoisotopic (exact) mass is 1230 g/mol. The Morgan fingerprint density at radius 2 is 1.22 bits per heavy atom. The summed E-state index contributed by atoms with van der Waals surface area (Å²) in [5.41, 5.74) is 4.25. The van der Waals surface area contributed by atoms with Crippen LogP contribution in [0.5, 0.6) is 5.75 Å². The third kappa shape index (κ3) is 18.0. The van der Waals surface area contributed by atoms with E-state index in [4.69, 9.17) is 28.7 Å². The summed E-state index contributed by atoms with van der Waals surface area (Å²) in [6.45, 7) is 6.51. The van der Waals surface area contributed by atoms with Gasteiger partial charge in [0.05, 0.1) is 43.4 Å². The van der Waals surface area contributed by atoms with Crippen molar-refractivity contribution in [2.24, 2.45) is 7.05 Å². The zero-order valence-corrected chi connectivity index (χ0v) is 51.0. The molecule has 6 N–H and O–H groups in total. The lowest BCUT2D eigenvalue weighted by atomic mass is 9.76. The molecule has 3 amide bonds. The smallest absolute Gasteiger partial charge is 0.407 e. The van der Waals surface area contributed by atoms with E-state index in [9.17, 15) is 37.5 Å². The van der Waals surface area contributed by atoms with E-state index < -0.39 is 51.5 Å². The summed E-state index contributed by atoms with van der Waals surface area (Å²) < 4.78 is 61.2. The van der Waals surface area contributed by atoms with Crippen LogP contribution in [0, 0.1) is 13.8 Å². The Balaban J connectivity index is 0.745. The number of carboxylic acid groups (broad SMARTS) is 1. The van der Waals surface area contributed by atoms with Gasteiger partial charge in [-0.05, 0) is 96.3 Å². The molecule has 0 aliphatic rings. The molecule has 22 heteroatoms. The number of sulfonamides is 1. The lowest BCUT2D eigenvalue weighted by molar-refractivity contribution is -0.138. The summed E-state index contributed by atoms with van der Waals surface area (Å²) in [5, 5.41) is 21.9. The van der Waals surface area contributed by atoms with Crippen molar-refractivity contribution in [2.75, 3.05) is 71.2 Å². The molecule has 2 aromatic heterocycles. The maximum Gasteiger partial charge on any atom is 0.407 e. The highest BCUT2D eigenvalue weighted by Gasteiger charge is 2.40. The first-order valence-corrected chi connectivity index (χ1v) is 30.9. The Morgan fingerprint density at radius 1 is 0.663 bits per heavy atom. The van der Waals surface area contributed by atoms with Crippen LogP contribution < -0.4 is 36.2 Å². The van der Waals surface area contributed by atoms with Gasteiger partial charge in [0.25, 0.3) is 5.91 Å². The van der Waals surface area contributed by atoms with Crippen LogP contribution in [-0.2, 0) is 64.3 Å². The van der Waals surface area contributed by atoms with Gasteiger partial charge in [0.15, 0.2) is 0 Å². The number of rotatable bonds is 35. The van der Waals surface area contributed by atoms with Gasteiger partial charge in [-0.3, -0.25) is 23.7 Å². The molecule has 0 radical (unpaired) electrons. The zero-order chi connectivity index (χ0) is 63.0. The number of nitrogens with zero attached hydrogens (tertiary/aromatic N) is 3. The fourth-order valence-electron chi connectivity index (χ4n) is 10.4. The third-order valence-corrected chi connectivity index (χ3v) is 16.4. The number of carbonyl (C=O) groups is 4. The first-order valence-electron chi connectivity index (χ1n) is 29.4. The number of carbonyl (C=O) groups excluding carboxylic acids is 3. The van der Waals surface area contributed by atoms with Crippen molar-refractivity contribution in [1.29, 1.82) is 0 Å². The highest BCUT2D eigenvalue weighted by molar-refractivity contribution is 7.89. The van der Waals surface area contributed by atoms with Crippen LogP contribution in [-0.4, -0.2) is 123 Å². The SMILES string of the molecule is Cc1cc(OCCCC(=O)NCCCOCCOCCOCCCNC(=O)OCc2ccccc2)cc(C)c1S(=O)(=O)NC(CNC(=O)c1cn(C)c2cc(CNc3nccn3C(c3ccccc3)(c3ccccc3)c3ccccc3)ccc2c1=O)C(=O)O. The van der Waals surface area contributed by atoms with Crippen LogP contribution in [0.15, 0.2) is 180 Å². The summed E-state index contributed by atoms with van der Waals surface area (Å²) >= 11 is 0. The van der Waals surface area contributed by atoms with Crippen LogP contribution in [0.25, 0.3) is 10.9 Å². The Kier molecular flexibility index (Phi) is 24.2. The minimum absolute atomic E-state index is 0.158. The number of aliphatic carboxylic acids is 1. The van der Waals surface area contributed by atoms with Gasteiger partial charge in [-0.25, -0.2) is 18.2 Å². The molecule has 468 valence electrons. The average molecular weight is 1230 g/mol. The van der Waals surface area contributed by atoms with Gasteiger partial charge in [0.1, 0.15) is 29.5 Å². The number of imidazole rings is 1. The van der Waals surface area contributed by atoms with E-state index in [0.717, 1.165) is 27.8 Å². The zero-order valence-electron chi connectivity index (χ0n) is 50.2. The molecular weight excluding hydrogens is 1160 g/mol. The van der Waals surface area contributed by atoms with E-state index in [1.165, 1.54) is 18.3 Å². The minimum atomic E-state index is -4.48. The van der Waals surface area contributed by atoms with Gasteiger partial charge < -0.3 is 54.6 Å². The molecule has 0 bridgehead atoms. The van der Waals surface area contributed by atoms with Crippen LogP contribution in [0.1, 0.15) is 75.0 Å². The maximum absolute atomic E-state index is 13.9. The van der Waals surface area contributed by atoms with Crippen molar-refractivity contribution in [3.63, 3.8) is 0 Å². The summed E-state index contributed by atoms with van der Waals surface area (Å²) in [6, 6.07) is 46.6. The molecule has 2 heterocycles. The first kappa shape index (κ1) is 65.8. The van der Waals surface area contributed by atoms with E-state index in [-0.39, 0.29) is 52.5 Å². The second-order valence-corrected chi connectivity index (χ2v) is 22.7. The van der Waals surface area contributed by atoms with Crippen molar-refractivity contribution in [3.05, 3.63) is 225 Å². The van der Waals surface area contributed by atoms with Crippen molar-refractivity contribution < 1.29 is 56.4 Å². The van der Waals surface area contributed by atoms with Crippen LogP contribution in [0.2, 0.25) is 0 Å². The van der Waals surface area contributed by atoms with Crippen LogP contribution in [0.4, 0.5) is 10.7 Å². The van der Waals surface area contributed by atoms with Crippen molar-refractivity contribution in [3.8, 4) is 5.75 Å². The van der Waals surface area contributed by atoms with Gasteiger partial charge in [-0.2, -0.15) is 4.72 Å². The molecule has 6 aromatic carbocycles. The van der Waals surface area contributed by atoms with E-state index in [0.29, 0.717) is 95.8 Å². The Bertz CT molecular complexity index is 3680. The molecule has 1 atom stereocenters. The van der Waals surface area contributed by atoms with Crippen molar-refractivity contribution in [2.45, 2.75) is 69.2 Å². The summed E-state index contributed by atoms with van der Waals surface area (Å²) in [7, 11) is -2.79. The number of hydrogen-bond acceptors (Lipinski definition) is 14. The second kappa shape index (κ2) is 32.7. The molecule has 0 aliphatic carbocycles. The fraction of sp³-hybridized carbons (Fsp3) is 0.313. The molecular formula is C67H76N8O13S. The van der Waals surface area contributed by atoms with Gasteiger partial charge >= 0.3 is 12.1 Å². The number of carboxylic acids is 1. The van der Waals surface area contributed by atoms with Crippen LogP contribution in [0.3, 0.4) is 0 Å². The summed E-state index contributed by atoms with van der Waals surface area (Å²) in [5.74, 6) is -1.64.